The number of rotatable bonds is 9. The molecule has 0 aromatic rings. The van der Waals surface area contributed by atoms with E-state index in [-0.39, 0.29) is 20.8 Å². The van der Waals surface area contributed by atoms with Gasteiger partial charge in [0.1, 0.15) is 5.78 Å². The summed E-state index contributed by atoms with van der Waals surface area (Å²) in [6.07, 6.45) is 3.22. The molecule has 0 aliphatic carbocycles. The Labute approximate surface area is 153 Å². The number of ketones is 1. The highest BCUT2D eigenvalue weighted by Crippen LogP contribution is 2.08. The van der Waals surface area contributed by atoms with Crippen LogP contribution in [0, 0.1) is 23.7 Å². The summed E-state index contributed by atoms with van der Waals surface area (Å²) in [5.74, 6) is 2.79. The molecule has 0 aromatic carbocycles. The average molecular weight is 346 g/mol. The van der Waals surface area contributed by atoms with Gasteiger partial charge in [-0.2, -0.15) is 0 Å². The molecule has 0 unspecified atom stereocenters. The Bertz CT molecular complexity index is 264. The fraction of sp³-hybridized carbons (Fsp3) is 0.905. The van der Waals surface area contributed by atoms with Gasteiger partial charge in [-0.3, -0.25) is 9.59 Å². The van der Waals surface area contributed by atoms with Gasteiger partial charge in [-0.25, -0.2) is 0 Å². The number of carbonyl (C=O) groups is 2. The van der Waals surface area contributed by atoms with Gasteiger partial charge in [-0.05, 0) is 30.1 Å². The van der Waals surface area contributed by atoms with Crippen molar-refractivity contribution in [1.29, 1.82) is 0 Å². The van der Waals surface area contributed by atoms with E-state index in [0.717, 1.165) is 25.8 Å². The number of hydrogen-bond acceptors (Lipinski definition) is 2. The van der Waals surface area contributed by atoms with E-state index in [4.69, 9.17) is 0 Å². The largest absolute Gasteiger partial charge is 0.356 e. The summed E-state index contributed by atoms with van der Waals surface area (Å²) in [6.45, 7) is 17.6. The molecule has 0 rings (SSSR count). The van der Waals surface area contributed by atoms with Gasteiger partial charge in [0.05, 0.1) is 0 Å². The van der Waals surface area contributed by atoms with Gasteiger partial charge in [0, 0.05) is 25.8 Å². The van der Waals surface area contributed by atoms with Crippen molar-refractivity contribution in [1.82, 2.24) is 5.32 Å². The molecule has 0 saturated carbocycles. The predicted molar refractivity (Wildman–Crippen MR) is 109 cm³/mol. The van der Waals surface area contributed by atoms with Gasteiger partial charge in [-0.15, -0.1) is 0 Å². The minimum Gasteiger partial charge on any atom is -0.356 e. The van der Waals surface area contributed by atoms with Crippen LogP contribution in [0.5, 0.6) is 0 Å². The fourth-order valence-corrected chi connectivity index (χ4v) is 1.77. The average Bonchev–Trinajstić information content (AvgIpc) is 2.33. The molecule has 148 valence electrons. The standard InChI is InChI=1S/C10H20O.C9H19NO.2CH4/c1-8(2)5-6-10(11)7-9(3)4;1-7(2)5-9(11)10-6-8(3)4;;/h8-9H,5-7H2,1-4H3;7-8H,5-6H2,1-4H3,(H,10,11);2*1H4. The van der Waals surface area contributed by atoms with Crippen molar-refractivity contribution < 1.29 is 9.59 Å². The maximum Gasteiger partial charge on any atom is 0.220 e. The summed E-state index contributed by atoms with van der Waals surface area (Å²) >= 11 is 0. The summed E-state index contributed by atoms with van der Waals surface area (Å²) in [5, 5.41) is 2.87. The molecular formula is C21H47NO2. The van der Waals surface area contributed by atoms with Crippen molar-refractivity contribution in [3.8, 4) is 0 Å². The predicted octanol–water partition coefficient (Wildman–Crippen LogP) is 6.11. The smallest absolute Gasteiger partial charge is 0.220 e. The first-order chi connectivity index (χ1) is 10.0. The second-order valence-corrected chi connectivity index (χ2v) is 7.87. The van der Waals surface area contributed by atoms with Crippen LogP contribution in [0.15, 0.2) is 0 Å². The quantitative estimate of drug-likeness (QED) is 0.547. The van der Waals surface area contributed by atoms with Crippen LogP contribution < -0.4 is 5.32 Å². The maximum absolute atomic E-state index is 11.2. The third kappa shape index (κ3) is 29.2. The van der Waals surface area contributed by atoms with E-state index in [1.807, 2.05) is 0 Å². The van der Waals surface area contributed by atoms with Crippen LogP contribution in [0.2, 0.25) is 0 Å². The number of amides is 1. The van der Waals surface area contributed by atoms with Crippen LogP contribution in [0.4, 0.5) is 0 Å². The molecule has 1 N–H and O–H groups in total. The molecule has 1 amide bonds. The van der Waals surface area contributed by atoms with Crippen molar-refractivity contribution in [2.45, 2.75) is 95.9 Å². The molecule has 0 spiro atoms. The number of Topliss-reactive ketones (excluding diaryl/α,β-unsaturated/α-hetero) is 1. The minimum absolute atomic E-state index is 0. The highest BCUT2D eigenvalue weighted by atomic mass is 16.1. The molecule has 0 aliphatic heterocycles. The highest BCUT2D eigenvalue weighted by molar-refractivity contribution is 5.78. The van der Waals surface area contributed by atoms with E-state index >= 15 is 0 Å². The highest BCUT2D eigenvalue weighted by Gasteiger charge is 2.05. The van der Waals surface area contributed by atoms with Crippen LogP contribution in [0.3, 0.4) is 0 Å². The van der Waals surface area contributed by atoms with E-state index < -0.39 is 0 Å². The van der Waals surface area contributed by atoms with Gasteiger partial charge < -0.3 is 5.32 Å². The molecule has 3 heteroatoms. The summed E-state index contributed by atoms with van der Waals surface area (Å²) in [6, 6.07) is 0. The monoisotopic (exact) mass is 345 g/mol. The molecular weight excluding hydrogens is 298 g/mol. The summed E-state index contributed by atoms with van der Waals surface area (Å²) in [4.78, 5) is 22.2. The summed E-state index contributed by atoms with van der Waals surface area (Å²) in [5.41, 5.74) is 0. The van der Waals surface area contributed by atoms with Gasteiger partial charge in [-0.1, -0.05) is 70.2 Å². The van der Waals surface area contributed by atoms with E-state index in [1.54, 1.807) is 0 Å². The molecule has 0 heterocycles. The van der Waals surface area contributed by atoms with Crippen molar-refractivity contribution >= 4 is 11.7 Å². The van der Waals surface area contributed by atoms with E-state index in [9.17, 15) is 9.59 Å². The molecule has 0 saturated heterocycles. The number of hydrogen-bond donors (Lipinski definition) is 1. The Morgan fingerprint density at radius 2 is 1.17 bits per heavy atom. The van der Waals surface area contributed by atoms with Gasteiger partial charge in [0.15, 0.2) is 0 Å². The summed E-state index contributed by atoms with van der Waals surface area (Å²) in [7, 11) is 0. The van der Waals surface area contributed by atoms with Crippen molar-refractivity contribution in [2.24, 2.45) is 23.7 Å². The Balaban J connectivity index is -0.000000154. The zero-order chi connectivity index (χ0) is 17.7. The second-order valence-electron chi connectivity index (χ2n) is 7.87. The Morgan fingerprint density at radius 3 is 1.50 bits per heavy atom. The van der Waals surface area contributed by atoms with Gasteiger partial charge in [0.2, 0.25) is 5.91 Å². The maximum atomic E-state index is 11.2. The van der Waals surface area contributed by atoms with Crippen molar-refractivity contribution in [3.63, 3.8) is 0 Å². The van der Waals surface area contributed by atoms with Crippen LogP contribution in [0.1, 0.15) is 95.9 Å². The first-order valence-corrected chi connectivity index (χ1v) is 8.82. The lowest BCUT2D eigenvalue weighted by Gasteiger charge is -2.08. The van der Waals surface area contributed by atoms with Crippen LogP contribution >= 0.6 is 0 Å². The third-order valence-electron chi connectivity index (χ3n) is 2.94. The van der Waals surface area contributed by atoms with E-state index in [2.05, 4.69) is 60.7 Å². The Kier molecular flexibility index (Phi) is 23.8. The van der Waals surface area contributed by atoms with Crippen LogP contribution in [-0.2, 0) is 9.59 Å². The van der Waals surface area contributed by atoms with E-state index in [1.165, 1.54) is 0 Å². The molecule has 0 aromatic heterocycles. The zero-order valence-corrected chi connectivity index (χ0v) is 16.2. The Hall–Kier alpha value is -0.860. The Morgan fingerprint density at radius 1 is 0.708 bits per heavy atom. The molecule has 24 heavy (non-hydrogen) atoms. The minimum atomic E-state index is 0. The molecule has 0 bridgehead atoms. The molecule has 3 nitrogen and oxygen atoms in total. The zero-order valence-electron chi connectivity index (χ0n) is 16.2. The topological polar surface area (TPSA) is 46.2 Å². The van der Waals surface area contributed by atoms with E-state index in [0.29, 0.717) is 35.9 Å². The first-order valence-electron chi connectivity index (χ1n) is 8.82. The molecule has 0 fully saturated rings. The van der Waals surface area contributed by atoms with Crippen LogP contribution in [0.25, 0.3) is 0 Å². The molecule has 0 radical (unpaired) electrons. The summed E-state index contributed by atoms with van der Waals surface area (Å²) < 4.78 is 0. The molecule has 0 aliphatic rings. The van der Waals surface area contributed by atoms with Crippen molar-refractivity contribution in [3.05, 3.63) is 0 Å². The normalized spacial score (nSPS) is 10.0. The fourth-order valence-electron chi connectivity index (χ4n) is 1.77. The lowest BCUT2D eigenvalue weighted by Crippen LogP contribution is -2.28. The lowest BCUT2D eigenvalue weighted by atomic mass is 10.00. The van der Waals surface area contributed by atoms with Crippen molar-refractivity contribution in [2.75, 3.05) is 6.54 Å². The SMILES string of the molecule is C.C.CC(C)CCC(=O)CC(C)C.CC(C)CNC(=O)CC(C)C. The molecule has 0 atom stereocenters. The number of carbonyl (C=O) groups excluding carboxylic acids is 2. The lowest BCUT2D eigenvalue weighted by molar-refractivity contribution is -0.122. The second kappa shape index (κ2) is 18.5. The number of nitrogens with one attached hydrogen (secondary N) is 1. The van der Waals surface area contributed by atoms with Gasteiger partial charge in [0.25, 0.3) is 0 Å². The van der Waals surface area contributed by atoms with Crippen LogP contribution in [-0.4, -0.2) is 18.2 Å². The first kappa shape index (κ1) is 31.0. The van der Waals surface area contributed by atoms with Gasteiger partial charge >= 0.3 is 0 Å². The third-order valence-corrected chi connectivity index (χ3v) is 2.94.